The van der Waals surface area contributed by atoms with Crippen LogP contribution in [0.5, 0.6) is 0 Å². The molecule has 1 atom stereocenters. The van der Waals surface area contributed by atoms with E-state index >= 15 is 0 Å². The Kier molecular flexibility index (Phi) is 4.16. The highest BCUT2D eigenvalue weighted by Gasteiger charge is 2.28. The van der Waals surface area contributed by atoms with Gasteiger partial charge in [-0.2, -0.15) is 0 Å². The summed E-state index contributed by atoms with van der Waals surface area (Å²) < 4.78 is 0. The number of aromatic amines is 1. The minimum atomic E-state index is 0.191. The third-order valence-corrected chi connectivity index (χ3v) is 5.26. The quantitative estimate of drug-likeness (QED) is 0.778. The molecule has 4 heteroatoms. The molecule has 0 saturated heterocycles. The van der Waals surface area contributed by atoms with Crippen molar-refractivity contribution in [2.45, 2.75) is 65.3 Å². The van der Waals surface area contributed by atoms with Crippen molar-refractivity contribution < 1.29 is 4.84 Å². The van der Waals surface area contributed by atoms with Gasteiger partial charge < -0.3 is 9.82 Å². The topological polar surface area (TPSA) is 49.9 Å². The van der Waals surface area contributed by atoms with E-state index in [1.807, 2.05) is 6.92 Å². The fourth-order valence-electron chi connectivity index (χ4n) is 3.83. The third-order valence-electron chi connectivity index (χ3n) is 5.26. The molecular weight excluding hydrogens is 310 g/mol. The van der Waals surface area contributed by atoms with Gasteiger partial charge in [0, 0.05) is 17.1 Å². The van der Waals surface area contributed by atoms with E-state index in [-0.39, 0.29) is 6.04 Å². The van der Waals surface area contributed by atoms with Crippen LogP contribution in [-0.2, 0) is 4.84 Å². The second-order valence-corrected chi connectivity index (χ2v) is 7.22. The van der Waals surface area contributed by atoms with Crippen LogP contribution in [-0.4, -0.2) is 16.0 Å². The summed E-state index contributed by atoms with van der Waals surface area (Å²) in [6, 6.07) is 4.73. The van der Waals surface area contributed by atoms with Crippen LogP contribution in [0.25, 0.3) is 22.2 Å². The molecule has 2 heterocycles. The molecule has 0 amide bonds. The molecule has 1 aliphatic carbocycles. The van der Waals surface area contributed by atoms with Crippen molar-refractivity contribution in [2.75, 3.05) is 0 Å². The third kappa shape index (κ3) is 2.89. The van der Waals surface area contributed by atoms with Crippen molar-refractivity contribution in [2.24, 2.45) is 0 Å². The van der Waals surface area contributed by atoms with Gasteiger partial charge in [-0.05, 0) is 62.8 Å². The number of allylic oxidation sites excluding steroid dienone is 3. The standard InChI is InChI=1S/C21H27N3O/c1-5-7-14(6-2)17-10-16(19-12(3)24-25-13(19)4)11-18-20(17)23-21(22-18)15-8-9-15/h7,10-12,15,24H,5-6,8-9H2,1-4H3,(H,22,23)/b14-7+. The highest BCUT2D eigenvalue weighted by molar-refractivity contribution is 5.93. The number of aromatic nitrogens is 2. The average Bonchev–Trinajstić information content (AvgIpc) is 3.28. The van der Waals surface area contributed by atoms with Crippen LogP contribution < -0.4 is 5.48 Å². The van der Waals surface area contributed by atoms with E-state index in [0.717, 1.165) is 35.5 Å². The summed E-state index contributed by atoms with van der Waals surface area (Å²) in [4.78, 5) is 14.1. The van der Waals surface area contributed by atoms with Crippen molar-refractivity contribution in [1.82, 2.24) is 15.4 Å². The zero-order valence-corrected chi connectivity index (χ0v) is 15.6. The van der Waals surface area contributed by atoms with Crippen LogP contribution in [0.15, 0.2) is 24.0 Å². The van der Waals surface area contributed by atoms with Crippen molar-refractivity contribution >= 4 is 22.2 Å². The molecule has 2 aliphatic rings. The highest BCUT2D eigenvalue weighted by atomic mass is 16.7. The molecule has 132 valence electrons. The van der Waals surface area contributed by atoms with Crippen LogP contribution in [0.2, 0.25) is 0 Å². The van der Waals surface area contributed by atoms with Gasteiger partial charge in [0.05, 0.1) is 17.1 Å². The monoisotopic (exact) mass is 337 g/mol. The predicted molar refractivity (Wildman–Crippen MR) is 103 cm³/mol. The summed E-state index contributed by atoms with van der Waals surface area (Å²) in [6.07, 6.45) is 6.90. The van der Waals surface area contributed by atoms with Crippen LogP contribution in [0.3, 0.4) is 0 Å². The van der Waals surface area contributed by atoms with Crippen molar-refractivity contribution in [3.8, 4) is 0 Å². The number of nitrogens with zero attached hydrogens (tertiary/aromatic N) is 1. The Morgan fingerprint density at radius 2 is 2.12 bits per heavy atom. The SMILES string of the molecule is CC/C=C(\CC)c1cc(C2=C(C)ONC2C)cc2[nH]c(C3CC3)nc12. The predicted octanol–water partition coefficient (Wildman–Crippen LogP) is 5.30. The van der Waals surface area contributed by atoms with E-state index in [0.29, 0.717) is 5.92 Å². The lowest BCUT2D eigenvalue weighted by Gasteiger charge is -2.12. The Bertz CT molecular complexity index is 871. The number of hydroxylamine groups is 1. The largest absolute Gasteiger partial charge is 0.413 e. The molecule has 4 rings (SSSR count). The molecule has 1 unspecified atom stereocenters. The lowest BCUT2D eigenvalue weighted by molar-refractivity contribution is 0.122. The zero-order chi connectivity index (χ0) is 17.6. The highest BCUT2D eigenvalue weighted by Crippen LogP contribution is 2.41. The van der Waals surface area contributed by atoms with Gasteiger partial charge in [-0.3, -0.25) is 0 Å². The Hall–Kier alpha value is -2.07. The van der Waals surface area contributed by atoms with E-state index in [9.17, 15) is 0 Å². The van der Waals surface area contributed by atoms with Gasteiger partial charge in [0.2, 0.25) is 0 Å². The summed E-state index contributed by atoms with van der Waals surface area (Å²) in [6.45, 7) is 8.59. The van der Waals surface area contributed by atoms with E-state index in [1.54, 1.807) is 0 Å². The number of H-pyrrole nitrogens is 1. The maximum atomic E-state index is 5.56. The number of nitrogens with one attached hydrogen (secondary N) is 2. The van der Waals surface area contributed by atoms with Crippen LogP contribution in [0, 0.1) is 0 Å². The molecule has 4 nitrogen and oxygen atoms in total. The smallest absolute Gasteiger partial charge is 0.126 e. The number of imidazole rings is 1. The maximum Gasteiger partial charge on any atom is 0.126 e. The lowest BCUT2D eigenvalue weighted by atomic mass is 9.93. The molecule has 2 N–H and O–H groups in total. The first-order chi connectivity index (χ1) is 12.1. The first kappa shape index (κ1) is 16.4. The van der Waals surface area contributed by atoms with Gasteiger partial charge >= 0.3 is 0 Å². The first-order valence-corrected chi connectivity index (χ1v) is 9.48. The Morgan fingerprint density at radius 1 is 1.32 bits per heavy atom. The summed E-state index contributed by atoms with van der Waals surface area (Å²) in [7, 11) is 0. The molecule has 1 aromatic heterocycles. The van der Waals surface area contributed by atoms with Crippen LogP contribution in [0.1, 0.15) is 76.2 Å². The van der Waals surface area contributed by atoms with E-state index in [1.165, 1.54) is 35.1 Å². The minimum absolute atomic E-state index is 0.191. The number of fused-ring (bicyclic) bond motifs is 1. The summed E-state index contributed by atoms with van der Waals surface area (Å²) in [5.74, 6) is 2.73. The average molecular weight is 337 g/mol. The van der Waals surface area contributed by atoms with E-state index in [4.69, 9.17) is 9.82 Å². The fraction of sp³-hybridized carbons (Fsp3) is 0.476. The van der Waals surface area contributed by atoms with Crippen LogP contribution >= 0.6 is 0 Å². The molecule has 2 aromatic rings. The minimum Gasteiger partial charge on any atom is -0.413 e. The number of hydrogen-bond acceptors (Lipinski definition) is 3. The van der Waals surface area contributed by atoms with Gasteiger partial charge in [0.1, 0.15) is 11.6 Å². The summed E-state index contributed by atoms with van der Waals surface area (Å²) in [5, 5.41) is 0. The summed E-state index contributed by atoms with van der Waals surface area (Å²) in [5.41, 5.74) is 10.4. The zero-order valence-electron chi connectivity index (χ0n) is 15.6. The Balaban J connectivity index is 1.93. The van der Waals surface area contributed by atoms with E-state index in [2.05, 4.69) is 49.4 Å². The molecule has 1 saturated carbocycles. The van der Waals surface area contributed by atoms with Gasteiger partial charge in [-0.1, -0.05) is 19.9 Å². The Morgan fingerprint density at radius 3 is 2.72 bits per heavy atom. The molecular formula is C21H27N3O. The second-order valence-electron chi connectivity index (χ2n) is 7.22. The maximum absolute atomic E-state index is 5.56. The second kappa shape index (κ2) is 6.34. The van der Waals surface area contributed by atoms with Crippen molar-refractivity contribution in [3.05, 3.63) is 40.9 Å². The molecule has 1 aliphatic heterocycles. The van der Waals surface area contributed by atoms with Gasteiger partial charge in [0.25, 0.3) is 0 Å². The van der Waals surface area contributed by atoms with E-state index < -0.39 is 0 Å². The first-order valence-electron chi connectivity index (χ1n) is 9.48. The molecule has 0 radical (unpaired) electrons. The molecule has 0 spiro atoms. The van der Waals surface area contributed by atoms with Crippen molar-refractivity contribution in [3.63, 3.8) is 0 Å². The lowest BCUT2D eigenvalue weighted by Crippen LogP contribution is -2.19. The number of hydrogen-bond donors (Lipinski definition) is 2. The molecule has 25 heavy (non-hydrogen) atoms. The molecule has 1 fully saturated rings. The van der Waals surface area contributed by atoms with Crippen molar-refractivity contribution in [1.29, 1.82) is 0 Å². The number of benzene rings is 1. The molecule has 0 bridgehead atoms. The Labute approximate surface area is 149 Å². The summed E-state index contributed by atoms with van der Waals surface area (Å²) >= 11 is 0. The molecule has 1 aromatic carbocycles. The van der Waals surface area contributed by atoms with Gasteiger partial charge in [-0.15, -0.1) is 5.48 Å². The van der Waals surface area contributed by atoms with Gasteiger partial charge in [-0.25, -0.2) is 4.98 Å². The fourth-order valence-corrected chi connectivity index (χ4v) is 3.83. The number of rotatable bonds is 5. The van der Waals surface area contributed by atoms with Crippen LogP contribution in [0.4, 0.5) is 0 Å². The normalized spacial score (nSPS) is 21.3. The van der Waals surface area contributed by atoms with Gasteiger partial charge in [0.15, 0.2) is 0 Å².